The molecule has 6 heteroatoms. The maximum atomic E-state index is 12.9. The number of carbonyl (C=O) groups is 1. The molecule has 4 rings (SSSR count). The van der Waals surface area contributed by atoms with E-state index in [1.165, 1.54) is 0 Å². The maximum absolute atomic E-state index is 12.9. The van der Waals surface area contributed by atoms with E-state index in [0.29, 0.717) is 12.6 Å². The van der Waals surface area contributed by atoms with Crippen LogP contribution >= 0.6 is 0 Å². The number of likely N-dealkylation sites (tertiary alicyclic amines) is 1. The van der Waals surface area contributed by atoms with Crippen molar-refractivity contribution in [2.75, 3.05) is 20.1 Å². The van der Waals surface area contributed by atoms with E-state index >= 15 is 0 Å². The van der Waals surface area contributed by atoms with Gasteiger partial charge in [-0.1, -0.05) is 12.1 Å². The van der Waals surface area contributed by atoms with Crippen molar-refractivity contribution >= 4 is 18.5 Å². The van der Waals surface area contributed by atoms with E-state index in [0.717, 1.165) is 42.5 Å². The molecular weight excluding hydrogens is 327 g/mol. The monoisotopic (exact) mass is 356 g/mol. The van der Waals surface area contributed by atoms with Crippen molar-refractivity contribution in [3.05, 3.63) is 29.3 Å². The van der Waals surface area contributed by atoms with Crippen LogP contribution in [0.2, 0.25) is 0 Å². The van der Waals surface area contributed by atoms with Gasteiger partial charge < -0.3 is 19.1 Å². The molecule has 0 atom stereocenters. The first-order valence-corrected chi connectivity index (χ1v) is 9.66. The summed E-state index contributed by atoms with van der Waals surface area (Å²) in [7, 11) is 1.77. The maximum Gasteiger partial charge on any atom is 0.494 e. The van der Waals surface area contributed by atoms with Crippen LogP contribution in [0.15, 0.2) is 18.2 Å². The van der Waals surface area contributed by atoms with Crippen LogP contribution in [0.3, 0.4) is 0 Å². The van der Waals surface area contributed by atoms with Crippen LogP contribution in [0.4, 0.5) is 0 Å². The Hall–Kier alpha value is -1.37. The number of benzene rings is 1. The molecule has 0 spiro atoms. The Morgan fingerprint density at radius 1 is 1.08 bits per heavy atom. The number of rotatable bonds is 2. The van der Waals surface area contributed by atoms with Crippen molar-refractivity contribution in [3.63, 3.8) is 0 Å². The number of carbonyl (C=O) groups excluding carboxylic acids is 1. The highest BCUT2D eigenvalue weighted by atomic mass is 16.7. The second kappa shape index (κ2) is 6.08. The molecule has 2 saturated heterocycles. The zero-order chi connectivity index (χ0) is 18.7. The number of nitrogens with zero attached hydrogens (tertiary/aromatic N) is 2. The standard InChI is InChI=1S/C20H29BN2O3/c1-19(2)20(3,4)26-21(25-19)15-6-7-17-14(12-15)13-23(18(17)24)16-8-10-22(5)11-9-16/h6-7,12,16H,8-11,13H2,1-5H3. The van der Waals surface area contributed by atoms with Gasteiger partial charge >= 0.3 is 7.12 Å². The lowest BCUT2D eigenvalue weighted by molar-refractivity contribution is 0.00578. The number of hydrogen-bond acceptors (Lipinski definition) is 4. The van der Waals surface area contributed by atoms with Crippen molar-refractivity contribution < 1.29 is 14.1 Å². The van der Waals surface area contributed by atoms with Crippen LogP contribution < -0.4 is 5.46 Å². The van der Waals surface area contributed by atoms with Crippen LogP contribution in [0.5, 0.6) is 0 Å². The first kappa shape index (κ1) is 18.0. The Morgan fingerprint density at radius 3 is 2.31 bits per heavy atom. The van der Waals surface area contributed by atoms with E-state index in [-0.39, 0.29) is 24.2 Å². The molecule has 1 aromatic carbocycles. The SMILES string of the molecule is CN1CCC(N2Cc3cc(B4OC(C)(C)C(C)(C)O4)ccc3C2=O)CC1. The molecule has 140 valence electrons. The summed E-state index contributed by atoms with van der Waals surface area (Å²) in [4.78, 5) is 17.3. The number of piperidine rings is 1. The molecule has 0 radical (unpaired) electrons. The zero-order valence-electron chi connectivity index (χ0n) is 16.5. The lowest BCUT2D eigenvalue weighted by Gasteiger charge is -2.34. The van der Waals surface area contributed by atoms with Crippen LogP contribution in [-0.4, -0.2) is 60.2 Å². The fourth-order valence-electron chi connectivity index (χ4n) is 4.09. The normalized spacial score (nSPS) is 25.8. The topological polar surface area (TPSA) is 42.0 Å². The second-order valence-corrected chi connectivity index (χ2v) is 8.97. The van der Waals surface area contributed by atoms with Crippen LogP contribution in [0.25, 0.3) is 0 Å². The molecule has 0 aromatic heterocycles. The summed E-state index contributed by atoms with van der Waals surface area (Å²) in [6.07, 6.45) is 2.11. The average Bonchev–Trinajstić information content (AvgIpc) is 3.01. The molecule has 1 amide bonds. The summed E-state index contributed by atoms with van der Waals surface area (Å²) in [5.41, 5.74) is 2.23. The van der Waals surface area contributed by atoms with Crippen LogP contribution in [0, 0.1) is 0 Å². The minimum Gasteiger partial charge on any atom is -0.399 e. The Morgan fingerprint density at radius 2 is 1.69 bits per heavy atom. The number of amides is 1. The molecule has 5 nitrogen and oxygen atoms in total. The van der Waals surface area contributed by atoms with Gasteiger partial charge in [0.1, 0.15) is 0 Å². The first-order chi connectivity index (χ1) is 12.2. The molecule has 2 fully saturated rings. The van der Waals surface area contributed by atoms with Gasteiger partial charge in [0.05, 0.1) is 11.2 Å². The molecule has 1 aromatic rings. The van der Waals surface area contributed by atoms with Crippen molar-refractivity contribution in [2.24, 2.45) is 0 Å². The van der Waals surface area contributed by atoms with Gasteiger partial charge in [-0.05, 0) is 77.8 Å². The molecule has 3 aliphatic heterocycles. The van der Waals surface area contributed by atoms with Gasteiger partial charge in [0, 0.05) is 18.2 Å². The van der Waals surface area contributed by atoms with Crippen molar-refractivity contribution in [2.45, 2.75) is 64.3 Å². The van der Waals surface area contributed by atoms with Gasteiger partial charge in [0.2, 0.25) is 0 Å². The quantitative estimate of drug-likeness (QED) is 0.761. The number of hydrogen-bond donors (Lipinski definition) is 0. The van der Waals surface area contributed by atoms with Gasteiger partial charge in [-0.25, -0.2) is 0 Å². The predicted octanol–water partition coefficient (Wildman–Crippen LogP) is 2.04. The third-order valence-electron chi connectivity index (χ3n) is 6.62. The summed E-state index contributed by atoms with van der Waals surface area (Å²) in [6.45, 7) is 11.1. The number of fused-ring (bicyclic) bond motifs is 1. The summed E-state index contributed by atoms with van der Waals surface area (Å²) in [5.74, 6) is 0.176. The van der Waals surface area contributed by atoms with Crippen molar-refractivity contribution in [1.82, 2.24) is 9.80 Å². The zero-order valence-corrected chi connectivity index (χ0v) is 16.5. The summed E-state index contributed by atoms with van der Waals surface area (Å²) in [6, 6.07) is 6.39. The molecule has 3 heterocycles. The summed E-state index contributed by atoms with van der Waals surface area (Å²) >= 11 is 0. The lowest BCUT2D eigenvalue weighted by Crippen LogP contribution is -2.43. The molecule has 0 aliphatic carbocycles. The highest BCUT2D eigenvalue weighted by molar-refractivity contribution is 6.62. The highest BCUT2D eigenvalue weighted by Gasteiger charge is 2.52. The van der Waals surface area contributed by atoms with Gasteiger partial charge in [0.25, 0.3) is 5.91 Å². The van der Waals surface area contributed by atoms with Crippen LogP contribution in [0.1, 0.15) is 56.5 Å². The van der Waals surface area contributed by atoms with E-state index in [1.54, 1.807) is 0 Å². The van der Waals surface area contributed by atoms with E-state index in [4.69, 9.17) is 9.31 Å². The third-order valence-corrected chi connectivity index (χ3v) is 6.62. The van der Waals surface area contributed by atoms with E-state index in [2.05, 4.69) is 50.6 Å². The Bertz CT molecular complexity index is 710. The van der Waals surface area contributed by atoms with Crippen LogP contribution in [-0.2, 0) is 15.9 Å². The summed E-state index contributed by atoms with van der Waals surface area (Å²) < 4.78 is 12.3. The minimum atomic E-state index is -0.377. The minimum absolute atomic E-state index is 0.176. The Labute approximate surface area is 156 Å². The van der Waals surface area contributed by atoms with Crippen molar-refractivity contribution in [1.29, 1.82) is 0 Å². The van der Waals surface area contributed by atoms with Crippen molar-refractivity contribution in [3.8, 4) is 0 Å². The Balaban J connectivity index is 1.53. The van der Waals surface area contributed by atoms with Gasteiger partial charge in [0.15, 0.2) is 0 Å². The molecular formula is C20H29BN2O3. The smallest absolute Gasteiger partial charge is 0.399 e. The van der Waals surface area contributed by atoms with E-state index in [1.807, 2.05) is 12.1 Å². The predicted molar refractivity (Wildman–Crippen MR) is 103 cm³/mol. The highest BCUT2D eigenvalue weighted by Crippen LogP contribution is 2.37. The molecule has 26 heavy (non-hydrogen) atoms. The van der Waals surface area contributed by atoms with Gasteiger partial charge in [-0.15, -0.1) is 0 Å². The lowest BCUT2D eigenvalue weighted by atomic mass is 9.78. The summed E-state index contributed by atoms with van der Waals surface area (Å²) in [5, 5.41) is 0. The van der Waals surface area contributed by atoms with Gasteiger partial charge in [-0.3, -0.25) is 4.79 Å². The molecule has 0 bridgehead atoms. The molecule has 0 unspecified atom stereocenters. The molecule has 0 N–H and O–H groups in total. The molecule has 0 saturated carbocycles. The second-order valence-electron chi connectivity index (χ2n) is 8.97. The first-order valence-electron chi connectivity index (χ1n) is 9.66. The van der Waals surface area contributed by atoms with Gasteiger partial charge in [-0.2, -0.15) is 0 Å². The van der Waals surface area contributed by atoms with E-state index in [9.17, 15) is 4.79 Å². The average molecular weight is 356 g/mol. The fraction of sp³-hybridized carbons (Fsp3) is 0.650. The third kappa shape index (κ3) is 2.88. The fourth-order valence-corrected chi connectivity index (χ4v) is 4.09. The Kier molecular flexibility index (Phi) is 4.21. The largest absolute Gasteiger partial charge is 0.494 e. The van der Waals surface area contributed by atoms with E-state index < -0.39 is 0 Å². The molecule has 3 aliphatic rings.